The first-order chi connectivity index (χ1) is 13.0. The van der Waals surface area contributed by atoms with Gasteiger partial charge in [0.05, 0.1) is 13.7 Å². The van der Waals surface area contributed by atoms with Crippen LogP contribution in [0.5, 0.6) is 5.75 Å². The molecule has 1 aliphatic heterocycles. The molecule has 0 bridgehead atoms. The van der Waals surface area contributed by atoms with E-state index in [2.05, 4.69) is 16.2 Å². The average molecular weight is 376 g/mol. The van der Waals surface area contributed by atoms with Gasteiger partial charge >= 0.3 is 5.97 Å². The van der Waals surface area contributed by atoms with Crippen LogP contribution in [0.3, 0.4) is 0 Å². The Morgan fingerprint density at radius 2 is 2.07 bits per heavy atom. The molecule has 1 saturated carbocycles. The number of hydrogen-bond acceptors (Lipinski definition) is 6. The summed E-state index contributed by atoms with van der Waals surface area (Å²) in [6.07, 6.45) is 2.26. The SMILES string of the molecule is CCN(CC(=O)O)C1CC(NC(=O)C2CC(c3cccc(OC)c3)NN2)C1. The first kappa shape index (κ1) is 19.6. The van der Waals surface area contributed by atoms with Gasteiger partial charge in [0, 0.05) is 18.1 Å². The minimum atomic E-state index is -0.811. The molecule has 8 heteroatoms. The number of ether oxygens (including phenoxy) is 1. The van der Waals surface area contributed by atoms with Gasteiger partial charge in [0.1, 0.15) is 11.8 Å². The van der Waals surface area contributed by atoms with Crippen LogP contribution in [-0.2, 0) is 9.59 Å². The highest BCUT2D eigenvalue weighted by molar-refractivity contribution is 5.82. The van der Waals surface area contributed by atoms with E-state index in [0.29, 0.717) is 13.0 Å². The summed E-state index contributed by atoms with van der Waals surface area (Å²) in [5.74, 6) is -0.0312. The molecule has 8 nitrogen and oxygen atoms in total. The molecule has 3 rings (SSSR count). The molecule has 2 unspecified atom stereocenters. The van der Waals surface area contributed by atoms with Crippen LogP contribution in [0.1, 0.15) is 37.8 Å². The van der Waals surface area contributed by atoms with E-state index >= 15 is 0 Å². The van der Waals surface area contributed by atoms with E-state index in [4.69, 9.17) is 9.84 Å². The zero-order valence-electron chi connectivity index (χ0n) is 15.8. The van der Waals surface area contributed by atoms with E-state index in [1.807, 2.05) is 36.1 Å². The number of rotatable bonds is 8. The number of amides is 1. The van der Waals surface area contributed by atoms with Gasteiger partial charge in [-0.15, -0.1) is 0 Å². The van der Waals surface area contributed by atoms with Crippen molar-refractivity contribution in [3.05, 3.63) is 29.8 Å². The average Bonchev–Trinajstić information content (AvgIpc) is 3.12. The zero-order chi connectivity index (χ0) is 19.4. The smallest absolute Gasteiger partial charge is 0.317 e. The van der Waals surface area contributed by atoms with Gasteiger partial charge in [0.2, 0.25) is 5.91 Å². The summed E-state index contributed by atoms with van der Waals surface area (Å²) in [5, 5.41) is 12.0. The van der Waals surface area contributed by atoms with E-state index in [9.17, 15) is 9.59 Å². The maximum atomic E-state index is 12.5. The largest absolute Gasteiger partial charge is 0.497 e. The summed E-state index contributed by atoms with van der Waals surface area (Å²) in [6, 6.07) is 7.93. The van der Waals surface area contributed by atoms with Crippen molar-refractivity contribution < 1.29 is 19.4 Å². The number of nitrogens with zero attached hydrogens (tertiary/aromatic N) is 1. The number of nitrogens with one attached hydrogen (secondary N) is 3. The number of aliphatic carboxylic acids is 1. The summed E-state index contributed by atoms with van der Waals surface area (Å²) in [5.41, 5.74) is 7.34. The molecule has 0 radical (unpaired) electrons. The number of hydrazine groups is 1. The van der Waals surface area contributed by atoms with Crippen molar-refractivity contribution >= 4 is 11.9 Å². The second-order valence-corrected chi connectivity index (χ2v) is 7.19. The predicted molar refractivity (Wildman–Crippen MR) is 100 cm³/mol. The summed E-state index contributed by atoms with van der Waals surface area (Å²) in [6.45, 7) is 2.72. The number of hydrogen-bond donors (Lipinski definition) is 4. The number of methoxy groups -OCH3 is 1. The van der Waals surface area contributed by atoms with Gasteiger partial charge in [-0.05, 0) is 43.5 Å². The molecule has 0 spiro atoms. The number of carbonyl (C=O) groups is 2. The second kappa shape index (κ2) is 8.69. The Hall–Kier alpha value is -2.16. The number of benzene rings is 1. The normalized spacial score (nSPS) is 27.2. The third-order valence-electron chi connectivity index (χ3n) is 5.44. The molecule has 0 aromatic heterocycles. The summed E-state index contributed by atoms with van der Waals surface area (Å²) < 4.78 is 5.26. The lowest BCUT2D eigenvalue weighted by Gasteiger charge is -2.42. The van der Waals surface area contributed by atoms with Crippen molar-refractivity contribution in [1.82, 2.24) is 21.1 Å². The molecular weight excluding hydrogens is 348 g/mol. The fourth-order valence-corrected chi connectivity index (χ4v) is 3.78. The standard InChI is InChI=1S/C19H28N4O4/c1-3-23(11-18(24)25)14-8-13(9-14)20-19(26)17-10-16(21-22-17)12-5-4-6-15(7-12)27-2/h4-7,13-14,16-17,21-22H,3,8-11H2,1-2H3,(H,20,26)(H,24,25). The summed E-state index contributed by atoms with van der Waals surface area (Å²) in [7, 11) is 1.64. The summed E-state index contributed by atoms with van der Waals surface area (Å²) >= 11 is 0. The quantitative estimate of drug-likeness (QED) is 0.528. The first-order valence-electron chi connectivity index (χ1n) is 9.41. The molecule has 1 aromatic rings. The molecule has 27 heavy (non-hydrogen) atoms. The van der Waals surface area contributed by atoms with Crippen LogP contribution in [-0.4, -0.2) is 60.2 Å². The molecule has 1 saturated heterocycles. The van der Waals surface area contributed by atoms with Crippen LogP contribution in [0.15, 0.2) is 24.3 Å². The van der Waals surface area contributed by atoms with E-state index in [-0.39, 0.29) is 36.6 Å². The van der Waals surface area contributed by atoms with Crippen LogP contribution >= 0.6 is 0 Å². The van der Waals surface area contributed by atoms with Gasteiger partial charge in [-0.2, -0.15) is 0 Å². The lowest BCUT2D eigenvalue weighted by Crippen LogP contribution is -2.57. The lowest BCUT2D eigenvalue weighted by molar-refractivity contribution is -0.139. The number of carbonyl (C=O) groups excluding carboxylic acids is 1. The Morgan fingerprint density at radius 1 is 1.30 bits per heavy atom. The van der Waals surface area contributed by atoms with Crippen molar-refractivity contribution in [3.63, 3.8) is 0 Å². The molecule has 1 aliphatic carbocycles. The van der Waals surface area contributed by atoms with Gasteiger partial charge in [-0.3, -0.25) is 14.5 Å². The van der Waals surface area contributed by atoms with Crippen LogP contribution in [0.4, 0.5) is 0 Å². The molecule has 1 aromatic carbocycles. The van der Waals surface area contributed by atoms with E-state index < -0.39 is 5.97 Å². The number of carboxylic acids is 1. The molecule has 148 valence electrons. The first-order valence-corrected chi connectivity index (χ1v) is 9.41. The fraction of sp³-hybridized carbons (Fsp3) is 0.579. The Morgan fingerprint density at radius 3 is 2.74 bits per heavy atom. The molecule has 1 amide bonds. The maximum absolute atomic E-state index is 12.5. The molecule has 2 atom stereocenters. The molecule has 1 heterocycles. The lowest BCUT2D eigenvalue weighted by atomic mass is 9.85. The molecular formula is C19H28N4O4. The number of likely N-dealkylation sites (N-methyl/N-ethyl adjacent to an activating group) is 1. The minimum absolute atomic E-state index is 0.0161. The Kier molecular flexibility index (Phi) is 6.30. The highest BCUT2D eigenvalue weighted by Crippen LogP contribution is 2.28. The molecule has 2 aliphatic rings. The molecule has 4 N–H and O–H groups in total. The van der Waals surface area contributed by atoms with Crippen molar-refractivity contribution in [2.24, 2.45) is 0 Å². The van der Waals surface area contributed by atoms with E-state index in [0.717, 1.165) is 24.2 Å². The highest BCUT2D eigenvalue weighted by atomic mass is 16.5. The van der Waals surface area contributed by atoms with Crippen LogP contribution < -0.4 is 20.9 Å². The summed E-state index contributed by atoms with van der Waals surface area (Å²) in [4.78, 5) is 25.4. The van der Waals surface area contributed by atoms with Gasteiger partial charge in [-0.1, -0.05) is 19.1 Å². The Bertz CT molecular complexity index is 677. The Balaban J connectivity index is 1.45. The van der Waals surface area contributed by atoms with Crippen LogP contribution in [0, 0.1) is 0 Å². The minimum Gasteiger partial charge on any atom is -0.497 e. The topological polar surface area (TPSA) is 103 Å². The third-order valence-corrected chi connectivity index (χ3v) is 5.44. The third kappa shape index (κ3) is 4.77. The predicted octanol–water partition coefficient (Wildman–Crippen LogP) is 0.657. The molecule has 2 fully saturated rings. The van der Waals surface area contributed by atoms with Crippen molar-refractivity contribution in [1.29, 1.82) is 0 Å². The number of carboxylic acid groups (broad SMARTS) is 1. The van der Waals surface area contributed by atoms with E-state index in [1.165, 1.54) is 0 Å². The van der Waals surface area contributed by atoms with Gasteiger partial charge in [0.25, 0.3) is 0 Å². The van der Waals surface area contributed by atoms with Crippen molar-refractivity contribution in [3.8, 4) is 5.75 Å². The monoisotopic (exact) mass is 376 g/mol. The Labute approximate surface area is 159 Å². The van der Waals surface area contributed by atoms with Gasteiger partial charge < -0.3 is 15.2 Å². The maximum Gasteiger partial charge on any atom is 0.317 e. The fourth-order valence-electron chi connectivity index (χ4n) is 3.78. The highest BCUT2D eigenvalue weighted by Gasteiger charge is 2.37. The van der Waals surface area contributed by atoms with Gasteiger partial charge in [-0.25, -0.2) is 10.9 Å². The van der Waals surface area contributed by atoms with Crippen molar-refractivity contribution in [2.45, 2.75) is 50.4 Å². The van der Waals surface area contributed by atoms with Crippen LogP contribution in [0.25, 0.3) is 0 Å². The van der Waals surface area contributed by atoms with E-state index in [1.54, 1.807) is 7.11 Å². The second-order valence-electron chi connectivity index (χ2n) is 7.19. The zero-order valence-corrected chi connectivity index (χ0v) is 15.8. The van der Waals surface area contributed by atoms with Crippen LogP contribution in [0.2, 0.25) is 0 Å². The van der Waals surface area contributed by atoms with Gasteiger partial charge in [0.15, 0.2) is 0 Å². The van der Waals surface area contributed by atoms with Crippen molar-refractivity contribution in [2.75, 3.05) is 20.2 Å².